The van der Waals surface area contributed by atoms with Crippen molar-refractivity contribution in [3.05, 3.63) is 12.2 Å². The van der Waals surface area contributed by atoms with Crippen molar-refractivity contribution in [2.75, 3.05) is 32.8 Å². The van der Waals surface area contributed by atoms with E-state index in [1.54, 1.807) is 0 Å². The Morgan fingerprint density at radius 3 is 2.25 bits per heavy atom. The van der Waals surface area contributed by atoms with Crippen LogP contribution in [0.2, 0.25) is 0 Å². The average Bonchev–Trinajstić information content (AvgIpc) is 2.33. The van der Waals surface area contributed by atoms with Crippen LogP contribution in [0, 0.1) is 0 Å². The molecule has 0 aromatic heterocycles. The van der Waals surface area contributed by atoms with E-state index in [1.165, 1.54) is 25.8 Å². The first kappa shape index (κ1) is 15.7. The summed E-state index contributed by atoms with van der Waals surface area (Å²) in [5.74, 6) is 0. The van der Waals surface area contributed by atoms with Crippen molar-refractivity contribution >= 4 is 0 Å². The standard InChI is InChI=1S/C9H19NO.C5H10/c1-2-3-4-5-10-6-8-11-9-7-10;1-3-5-4-2/h2-9H2,1H3;3,5H,4H2,1-2H3/b;5-3-. The summed E-state index contributed by atoms with van der Waals surface area (Å²) >= 11 is 0. The minimum absolute atomic E-state index is 0.937. The number of allylic oxidation sites excluding steroid dienone is 2. The van der Waals surface area contributed by atoms with Gasteiger partial charge in [0.25, 0.3) is 0 Å². The number of ether oxygens (including phenoxy) is 1. The molecular weight excluding hydrogens is 198 g/mol. The number of nitrogens with zero attached hydrogens (tertiary/aromatic N) is 1. The average molecular weight is 227 g/mol. The fraction of sp³-hybridized carbons (Fsp3) is 0.857. The SMILES string of the molecule is C/C=C\CC.CCCCCN1CCOCC1. The van der Waals surface area contributed by atoms with Gasteiger partial charge in [-0.2, -0.15) is 0 Å². The highest BCUT2D eigenvalue weighted by Crippen LogP contribution is 2.01. The Balaban J connectivity index is 0.000000385. The van der Waals surface area contributed by atoms with E-state index in [1.807, 2.05) is 6.92 Å². The topological polar surface area (TPSA) is 12.5 Å². The van der Waals surface area contributed by atoms with Gasteiger partial charge in [-0.05, 0) is 26.3 Å². The van der Waals surface area contributed by atoms with E-state index in [0.717, 1.165) is 32.7 Å². The van der Waals surface area contributed by atoms with Gasteiger partial charge < -0.3 is 4.74 Å². The van der Waals surface area contributed by atoms with Gasteiger partial charge in [0.2, 0.25) is 0 Å². The molecule has 1 fully saturated rings. The van der Waals surface area contributed by atoms with E-state index >= 15 is 0 Å². The van der Waals surface area contributed by atoms with Gasteiger partial charge in [-0.15, -0.1) is 0 Å². The second-order valence-corrected chi connectivity index (χ2v) is 4.14. The van der Waals surface area contributed by atoms with Gasteiger partial charge in [0.15, 0.2) is 0 Å². The Morgan fingerprint density at radius 2 is 1.81 bits per heavy atom. The summed E-state index contributed by atoms with van der Waals surface area (Å²) in [5, 5.41) is 0. The first-order valence-electron chi connectivity index (χ1n) is 6.76. The van der Waals surface area contributed by atoms with Gasteiger partial charge >= 0.3 is 0 Å². The third-order valence-corrected chi connectivity index (χ3v) is 2.65. The summed E-state index contributed by atoms with van der Waals surface area (Å²) in [6, 6.07) is 0. The Bertz CT molecular complexity index is 151. The predicted octanol–water partition coefficient (Wildman–Crippen LogP) is 3.48. The lowest BCUT2D eigenvalue weighted by Gasteiger charge is -2.26. The van der Waals surface area contributed by atoms with Crippen molar-refractivity contribution in [1.82, 2.24) is 4.90 Å². The zero-order chi connectivity index (χ0) is 12.1. The van der Waals surface area contributed by atoms with Gasteiger partial charge in [-0.3, -0.25) is 4.90 Å². The fourth-order valence-corrected chi connectivity index (χ4v) is 1.65. The van der Waals surface area contributed by atoms with E-state index in [4.69, 9.17) is 4.74 Å². The molecule has 0 unspecified atom stereocenters. The Kier molecular flexibility index (Phi) is 12.5. The van der Waals surface area contributed by atoms with Crippen molar-refractivity contribution in [2.24, 2.45) is 0 Å². The lowest BCUT2D eigenvalue weighted by Crippen LogP contribution is -2.36. The van der Waals surface area contributed by atoms with Crippen LogP contribution in [0.25, 0.3) is 0 Å². The molecule has 0 amide bonds. The molecule has 0 aliphatic carbocycles. The minimum atomic E-state index is 0.937. The summed E-state index contributed by atoms with van der Waals surface area (Å²) in [5.41, 5.74) is 0. The number of unbranched alkanes of at least 4 members (excludes halogenated alkanes) is 2. The van der Waals surface area contributed by atoms with Crippen LogP contribution in [-0.4, -0.2) is 37.7 Å². The summed E-state index contributed by atoms with van der Waals surface area (Å²) in [4.78, 5) is 2.50. The summed E-state index contributed by atoms with van der Waals surface area (Å²) in [6.07, 6.45) is 9.40. The van der Waals surface area contributed by atoms with Crippen LogP contribution in [0.4, 0.5) is 0 Å². The van der Waals surface area contributed by atoms with E-state index < -0.39 is 0 Å². The fourth-order valence-electron chi connectivity index (χ4n) is 1.65. The second-order valence-electron chi connectivity index (χ2n) is 4.14. The summed E-state index contributed by atoms with van der Waals surface area (Å²) in [7, 11) is 0. The largest absolute Gasteiger partial charge is 0.379 e. The summed E-state index contributed by atoms with van der Waals surface area (Å²) < 4.78 is 5.26. The van der Waals surface area contributed by atoms with Gasteiger partial charge in [0.05, 0.1) is 13.2 Å². The molecule has 0 radical (unpaired) electrons. The molecule has 2 nitrogen and oxygen atoms in total. The molecule has 0 bridgehead atoms. The summed E-state index contributed by atoms with van der Waals surface area (Å²) in [6.45, 7) is 11.8. The van der Waals surface area contributed by atoms with Crippen molar-refractivity contribution in [1.29, 1.82) is 0 Å². The molecule has 16 heavy (non-hydrogen) atoms. The molecule has 0 aromatic rings. The van der Waals surface area contributed by atoms with Crippen LogP contribution in [0.3, 0.4) is 0 Å². The maximum absolute atomic E-state index is 5.26. The molecule has 0 spiro atoms. The normalized spacial score (nSPS) is 17.2. The highest BCUT2D eigenvalue weighted by Gasteiger charge is 2.08. The molecule has 0 aromatic carbocycles. The molecular formula is C14H29NO. The van der Waals surface area contributed by atoms with Crippen LogP contribution in [0.5, 0.6) is 0 Å². The maximum atomic E-state index is 5.26. The smallest absolute Gasteiger partial charge is 0.0594 e. The molecule has 2 heteroatoms. The van der Waals surface area contributed by atoms with Crippen LogP contribution < -0.4 is 0 Å². The zero-order valence-corrected chi connectivity index (χ0v) is 11.4. The first-order valence-corrected chi connectivity index (χ1v) is 6.76. The predicted molar refractivity (Wildman–Crippen MR) is 71.9 cm³/mol. The Hall–Kier alpha value is -0.340. The lowest BCUT2D eigenvalue weighted by atomic mass is 10.2. The third kappa shape index (κ3) is 10.2. The van der Waals surface area contributed by atoms with Crippen LogP contribution in [-0.2, 0) is 4.74 Å². The molecule has 1 rings (SSSR count). The van der Waals surface area contributed by atoms with Crippen LogP contribution >= 0.6 is 0 Å². The van der Waals surface area contributed by atoms with E-state index in [-0.39, 0.29) is 0 Å². The van der Waals surface area contributed by atoms with Gasteiger partial charge in [0.1, 0.15) is 0 Å². The minimum Gasteiger partial charge on any atom is -0.379 e. The molecule has 1 aliphatic heterocycles. The van der Waals surface area contributed by atoms with Crippen molar-refractivity contribution in [3.8, 4) is 0 Å². The molecule has 0 saturated carbocycles. The van der Waals surface area contributed by atoms with Crippen LogP contribution in [0.15, 0.2) is 12.2 Å². The molecule has 1 heterocycles. The number of morpholine rings is 1. The van der Waals surface area contributed by atoms with Gasteiger partial charge in [-0.1, -0.05) is 38.8 Å². The van der Waals surface area contributed by atoms with Gasteiger partial charge in [-0.25, -0.2) is 0 Å². The quantitative estimate of drug-likeness (QED) is 0.526. The molecule has 1 aliphatic rings. The Morgan fingerprint density at radius 1 is 1.12 bits per heavy atom. The third-order valence-electron chi connectivity index (χ3n) is 2.65. The monoisotopic (exact) mass is 227 g/mol. The molecule has 96 valence electrons. The number of rotatable bonds is 5. The van der Waals surface area contributed by atoms with E-state index in [2.05, 4.69) is 30.9 Å². The van der Waals surface area contributed by atoms with E-state index in [9.17, 15) is 0 Å². The molecule has 0 atom stereocenters. The number of hydrogen-bond acceptors (Lipinski definition) is 2. The number of hydrogen-bond donors (Lipinski definition) is 0. The van der Waals surface area contributed by atoms with Gasteiger partial charge in [0, 0.05) is 13.1 Å². The van der Waals surface area contributed by atoms with Crippen molar-refractivity contribution < 1.29 is 4.74 Å². The highest BCUT2D eigenvalue weighted by molar-refractivity contribution is 4.73. The highest BCUT2D eigenvalue weighted by atomic mass is 16.5. The second kappa shape index (κ2) is 12.7. The Labute approximate surface area is 102 Å². The maximum Gasteiger partial charge on any atom is 0.0594 e. The first-order chi connectivity index (χ1) is 7.85. The molecule has 1 saturated heterocycles. The molecule has 0 N–H and O–H groups in total. The van der Waals surface area contributed by atoms with Crippen LogP contribution in [0.1, 0.15) is 46.5 Å². The zero-order valence-electron chi connectivity index (χ0n) is 11.4. The van der Waals surface area contributed by atoms with E-state index in [0.29, 0.717) is 0 Å². The lowest BCUT2D eigenvalue weighted by molar-refractivity contribution is 0.0372. The van der Waals surface area contributed by atoms with Crippen molar-refractivity contribution in [2.45, 2.75) is 46.5 Å². The van der Waals surface area contributed by atoms with Crippen molar-refractivity contribution in [3.63, 3.8) is 0 Å².